The molecule has 2 rings (SSSR count). The Morgan fingerprint density at radius 3 is 2.62 bits per heavy atom. The highest BCUT2D eigenvalue weighted by Crippen LogP contribution is 2.31. The number of hydrogen-bond acceptors (Lipinski definition) is 4. The summed E-state index contributed by atoms with van der Waals surface area (Å²) in [6.07, 6.45) is 0. The first kappa shape index (κ1) is 15.3. The van der Waals surface area contributed by atoms with E-state index in [2.05, 4.69) is 10.5 Å². The van der Waals surface area contributed by atoms with Gasteiger partial charge >= 0.3 is 0 Å². The number of anilines is 1. The number of aryl methyl sites for hydroxylation is 1. The van der Waals surface area contributed by atoms with Gasteiger partial charge in [-0.3, -0.25) is 10.1 Å². The molecule has 5 nitrogen and oxygen atoms in total. The Balaban J connectivity index is 2.29. The number of ether oxygens (including phenoxy) is 1. The average Bonchev–Trinajstić information content (AvgIpc) is 2.80. The molecule has 1 aromatic carbocycles. The summed E-state index contributed by atoms with van der Waals surface area (Å²) in [5, 5.41) is 6.71. The Hall–Kier alpha value is -2.14. The highest BCUT2D eigenvalue weighted by Gasteiger charge is 2.30. The second kappa shape index (κ2) is 6.10. The quantitative estimate of drug-likeness (QED) is 0.915. The van der Waals surface area contributed by atoms with Crippen molar-refractivity contribution in [3.63, 3.8) is 0 Å². The molecule has 0 unspecified atom stereocenters. The van der Waals surface area contributed by atoms with Gasteiger partial charge in [-0.25, -0.2) is 0 Å². The molecule has 0 spiro atoms. The summed E-state index contributed by atoms with van der Waals surface area (Å²) >= 11 is 0. The molecule has 0 atom stereocenters. The minimum absolute atomic E-state index is 0.266. The number of nitrogens with one attached hydrogen (secondary N) is 1. The van der Waals surface area contributed by atoms with Crippen molar-refractivity contribution in [2.45, 2.75) is 33.3 Å². The van der Waals surface area contributed by atoms with Gasteiger partial charge in [0.15, 0.2) is 0 Å². The van der Waals surface area contributed by atoms with E-state index in [1.807, 2.05) is 44.2 Å². The third kappa shape index (κ3) is 3.31. The molecule has 5 heteroatoms. The normalized spacial score (nSPS) is 11.4. The van der Waals surface area contributed by atoms with Crippen LogP contribution in [-0.4, -0.2) is 23.3 Å². The molecule has 0 fully saturated rings. The number of rotatable bonds is 5. The van der Waals surface area contributed by atoms with E-state index >= 15 is 0 Å². The number of carbonyl (C=O) groups excluding carboxylic acids is 1. The zero-order chi connectivity index (χ0) is 15.5. The maximum Gasteiger partial charge on any atom is 0.258 e. The molecule has 0 aliphatic rings. The Kier molecular flexibility index (Phi) is 4.43. The lowest BCUT2D eigenvalue weighted by molar-refractivity contribution is -0.136. The van der Waals surface area contributed by atoms with Crippen LogP contribution in [0.25, 0.3) is 11.1 Å². The predicted octanol–water partition coefficient (Wildman–Crippen LogP) is 3.40. The molecule has 0 aliphatic heterocycles. The van der Waals surface area contributed by atoms with E-state index in [1.54, 1.807) is 13.8 Å². The number of carbonyl (C=O) groups is 1. The zero-order valence-electron chi connectivity index (χ0n) is 12.8. The highest BCUT2D eigenvalue weighted by molar-refractivity contribution is 5.98. The summed E-state index contributed by atoms with van der Waals surface area (Å²) in [7, 11) is 0. The summed E-state index contributed by atoms with van der Waals surface area (Å²) in [5.74, 6) is 0.0779. The average molecular weight is 288 g/mol. The second-order valence-corrected chi connectivity index (χ2v) is 5.24. The topological polar surface area (TPSA) is 64.4 Å². The summed E-state index contributed by atoms with van der Waals surface area (Å²) in [4.78, 5) is 12.3. The largest absolute Gasteiger partial charge is 0.366 e. The van der Waals surface area contributed by atoms with Gasteiger partial charge in [0.25, 0.3) is 5.91 Å². The van der Waals surface area contributed by atoms with Gasteiger partial charge in [0, 0.05) is 6.61 Å². The fourth-order valence-corrected chi connectivity index (χ4v) is 2.08. The van der Waals surface area contributed by atoms with E-state index in [4.69, 9.17) is 9.26 Å². The molecule has 1 heterocycles. The van der Waals surface area contributed by atoms with Crippen LogP contribution >= 0.6 is 0 Å². The first-order chi connectivity index (χ1) is 9.95. The number of aromatic nitrogens is 1. The maximum absolute atomic E-state index is 12.3. The van der Waals surface area contributed by atoms with E-state index in [0.717, 1.165) is 16.8 Å². The predicted molar refractivity (Wildman–Crippen MR) is 81.0 cm³/mol. The van der Waals surface area contributed by atoms with Crippen LogP contribution in [0.2, 0.25) is 0 Å². The summed E-state index contributed by atoms with van der Waals surface area (Å²) in [6, 6.07) is 9.68. The fraction of sp³-hybridized carbons (Fsp3) is 0.375. The van der Waals surface area contributed by atoms with Gasteiger partial charge < -0.3 is 9.26 Å². The smallest absolute Gasteiger partial charge is 0.258 e. The van der Waals surface area contributed by atoms with Crippen LogP contribution in [0.15, 0.2) is 34.9 Å². The third-order valence-corrected chi connectivity index (χ3v) is 3.20. The first-order valence-electron chi connectivity index (χ1n) is 6.93. The van der Waals surface area contributed by atoms with Gasteiger partial charge in [-0.15, -0.1) is 0 Å². The van der Waals surface area contributed by atoms with Crippen molar-refractivity contribution in [3.8, 4) is 11.1 Å². The second-order valence-electron chi connectivity index (χ2n) is 5.24. The highest BCUT2D eigenvalue weighted by atomic mass is 16.5. The van der Waals surface area contributed by atoms with Crippen LogP contribution < -0.4 is 5.32 Å². The van der Waals surface area contributed by atoms with Crippen molar-refractivity contribution in [1.29, 1.82) is 0 Å². The molecule has 0 radical (unpaired) electrons. The van der Waals surface area contributed by atoms with Crippen molar-refractivity contribution in [2.24, 2.45) is 0 Å². The van der Waals surface area contributed by atoms with E-state index in [9.17, 15) is 4.79 Å². The zero-order valence-corrected chi connectivity index (χ0v) is 12.8. The Bertz CT molecular complexity index is 618. The molecule has 0 saturated heterocycles. The van der Waals surface area contributed by atoms with Crippen LogP contribution in [0.4, 0.5) is 5.88 Å². The van der Waals surface area contributed by atoms with Crippen molar-refractivity contribution in [1.82, 2.24) is 5.16 Å². The van der Waals surface area contributed by atoms with Crippen molar-refractivity contribution in [3.05, 3.63) is 36.0 Å². The summed E-state index contributed by atoms with van der Waals surface area (Å²) in [5.41, 5.74) is 1.53. The number of amides is 1. The standard InChI is InChI=1S/C16H20N2O3/c1-5-20-16(3,4)15(19)17-14-13(11(2)18-21-14)12-9-7-6-8-10-12/h6-10H,5H2,1-4H3,(H,17,19). The van der Waals surface area contributed by atoms with Gasteiger partial charge in [0.05, 0.1) is 11.3 Å². The minimum atomic E-state index is -0.927. The molecule has 0 saturated carbocycles. The van der Waals surface area contributed by atoms with Gasteiger partial charge in [0.2, 0.25) is 5.88 Å². The molecule has 2 aromatic rings. The molecule has 112 valence electrons. The van der Waals surface area contributed by atoms with E-state index < -0.39 is 5.60 Å². The summed E-state index contributed by atoms with van der Waals surface area (Å²) in [6.45, 7) is 7.59. The first-order valence-corrected chi connectivity index (χ1v) is 6.93. The van der Waals surface area contributed by atoms with Gasteiger partial charge in [-0.05, 0) is 33.3 Å². The molecule has 21 heavy (non-hydrogen) atoms. The van der Waals surface area contributed by atoms with Crippen LogP contribution in [0.1, 0.15) is 26.5 Å². The van der Waals surface area contributed by atoms with E-state index in [0.29, 0.717) is 12.5 Å². The lowest BCUT2D eigenvalue weighted by Crippen LogP contribution is -2.39. The number of nitrogens with zero attached hydrogens (tertiary/aromatic N) is 1. The van der Waals surface area contributed by atoms with Crippen molar-refractivity contribution < 1.29 is 14.1 Å². The van der Waals surface area contributed by atoms with Crippen LogP contribution in [0, 0.1) is 6.92 Å². The molecule has 1 N–H and O–H groups in total. The van der Waals surface area contributed by atoms with Gasteiger partial charge in [-0.2, -0.15) is 0 Å². The monoisotopic (exact) mass is 288 g/mol. The number of benzene rings is 1. The van der Waals surface area contributed by atoms with Gasteiger partial charge in [0.1, 0.15) is 5.60 Å². The number of hydrogen-bond donors (Lipinski definition) is 1. The molecule has 0 aliphatic carbocycles. The van der Waals surface area contributed by atoms with Crippen molar-refractivity contribution >= 4 is 11.8 Å². The lowest BCUT2D eigenvalue weighted by atomic mass is 10.1. The third-order valence-electron chi connectivity index (χ3n) is 3.20. The Morgan fingerprint density at radius 2 is 2.00 bits per heavy atom. The van der Waals surface area contributed by atoms with Crippen LogP contribution in [-0.2, 0) is 9.53 Å². The van der Waals surface area contributed by atoms with E-state index in [-0.39, 0.29) is 5.91 Å². The molecular formula is C16H20N2O3. The minimum Gasteiger partial charge on any atom is -0.366 e. The van der Waals surface area contributed by atoms with E-state index in [1.165, 1.54) is 0 Å². The fourth-order valence-electron chi connectivity index (χ4n) is 2.08. The lowest BCUT2D eigenvalue weighted by Gasteiger charge is -2.22. The molecule has 1 amide bonds. The summed E-state index contributed by atoms with van der Waals surface area (Å²) < 4.78 is 10.7. The maximum atomic E-state index is 12.3. The van der Waals surface area contributed by atoms with Gasteiger partial charge in [-0.1, -0.05) is 35.5 Å². The molecule has 1 aromatic heterocycles. The Labute approximate surface area is 124 Å². The molecular weight excluding hydrogens is 268 g/mol. The van der Waals surface area contributed by atoms with Crippen molar-refractivity contribution in [2.75, 3.05) is 11.9 Å². The Morgan fingerprint density at radius 1 is 1.33 bits per heavy atom. The molecule has 0 bridgehead atoms. The van der Waals surface area contributed by atoms with Crippen LogP contribution in [0.5, 0.6) is 0 Å². The SMILES string of the molecule is CCOC(C)(C)C(=O)Nc1onc(C)c1-c1ccccc1. The van der Waals surface area contributed by atoms with Crippen LogP contribution in [0.3, 0.4) is 0 Å².